The van der Waals surface area contributed by atoms with Crippen molar-refractivity contribution in [3.8, 4) is 5.75 Å². The predicted molar refractivity (Wildman–Crippen MR) is 81.1 cm³/mol. The molecule has 0 aromatic heterocycles. The second-order valence-electron chi connectivity index (χ2n) is 5.35. The lowest BCUT2D eigenvalue weighted by Crippen LogP contribution is -2.48. The van der Waals surface area contributed by atoms with Gasteiger partial charge in [-0.15, -0.1) is 0 Å². The first-order valence-corrected chi connectivity index (χ1v) is 7.04. The Balaban J connectivity index is 2.12. The molecular formula is C15H23N3O2. The maximum Gasteiger partial charge on any atom is 0.219 e. The molecule has 0 aliphatic carbocycles. The van der Waals surface area contributed by atoms with E-state index in [4.69, 9.17) is 10.5 Å². The van der Waals surface area contributed by atoms with Gasteiger partial charge in [-0.05, 0) is 26.0 Å². The van der Waals surface area contributed by atoms with Gasteiger partial charge < -0.3 is 20.3 Å². The Kier molecular flexibility index (Phi) is 4.37. The number of carbonyl (C=O) groups excluding carboxylic acids is 1. The molecule has 0 atom stereocenters. The van der Waals surface area contributed by atoms with Crippen molar-refractivity contribution < 1.29 is 9.53 Å². The van der Waals surface area contributed by atoms with Crippen LogP contribution < -0.4 is 15.4 Å². The number of hydrogen-bond donors (Lipinski definition) is 1. The fourth-order valence-electron chi connectivity index (χ4n) is 2.43. The Morgan fingerprint density at radius 3 is 2.45 bits per heavy atom. The summed E-state index contributed by atoms with van der Waals surface area (Å²) in [6.07, 6.45) is 0.0992. The lowest BCUT2D eigenvalue weighted by molar-refractivity contribution is -0.129. The van der Waals surface area contributed by atoms with Crippen molar-refractivity contribution in [1.82, 2.24) is 4.90 Å². The Hall–Kier alpha value is -1.91. The van der Waals surface area contributed by atoms with Gasteiger partial charge >= 0.3 is 0 Å². The van der Waals surface area contributed by atoms with Crippen molar-refractivity contribution in [2.75, 3.05) is 36.8 Å². The Bertz CT molecular complexity index is 480. The molecule has 5 heteroatoms. The van der Waals surface area contributed by atoms with Crippen molar-refractivity contribution in [3.63, 3.8) is 0 Å². The highest BCUT2D eigenvalue weighted by molar-refractivity contribution is 5.76. The van der Waals surface area contributed by atoms with Crippen molar-refractivity contribution >= 4 is 17.3 Å². The van der Waals surface area contributed by atoms with Crippen molar-refractivity contribution in [1.29, 1.82) is 0 Å². The highest BCUT2D eigenvalue weighted by Crippen LogP contribution is 2.33. The Morgan fingerprint density at radius 2 is 1.90 bits per heavy atom. The minimum absolute atomic E-state index is 0.0992. The monoisotopic (exact) mass is 277 g/mol. The number of anilines is 2. The largest absolute Gasteiger partial charge is 0.489 e. The molecule has 1 saturated heterocycles. The quantitative estimate of drug-likeness (QED) is 0.855. The third-order valence-electron chi connectivity index (χ3n) is 3.47. The molecule has 1 aliphatic rings. The van der Waals surface area contributed by atoms with Crippen molar-refractivity contribution in [2.45, 2.75) is 26.9 Å². The summed E-state index contributed by atoms with van der Waals surface area (Å²) in [4.78, 5) is 15.4. The topological polar surface area (TPSA) is 58.8 Å². The van der Waals surface area contributed by atoms with Gasteiger partial charge in [0.15, 0.2) is 0 Å². The number of rotatable bonds is 3. The molecule has 1 aromatic carbocycles. The van der Waals surface area contributed by atoms with E-state index in [0.29, 0.717) is 5.69 Å². The average Bonchev–Trinajstić information content (AvgIpc) is 2.41. The zero-order chi connectivity index (χ0) is 14.7. The number of ether oxygens (including phenoxy) is 1. The maximum atomic E-state index is 11.3. The van der Waals surface area contributed by atoms with Gasteiger partial charge in [-0.25, -0.2) is 0 Å². The summed E-state index contributed by atoms with van der Waals surface area (Å²) in [5.41, 5.74) is 7.88. The van der Waals surface area contributed by atoms with Crippen LogP contribution in [0.4, 0.5) is 11.4 Å². The van der Waals surface area contributed by atoms with E-state index in [0.717, 1.165) is 37.6 Å². The first-order valence-electron chi connectivity index (χ1n) is 7.04. The van der Waals surface area contributed by atoms with Crippen LogP contribution in [-0.4, -0.2) is 43.1 Å². The minimum atomic E-state index is 0.0992. The van der Waals surface area contributed by atoms with Gasteiger partial charge in [0.25, 0.3) is 0 Å². The van der Waals surface area contributed by atoms with Crippen LogP contribution in [0.25, 0.3) is 0 Å². The number of benzene rings is 1. The van der Waals surface area contributed by atoms with Gasteiger partial charge in [-0.1, -0.05) is 6.07 Å². The van der Waals surface area contributed by atoms with E-state index in [9.17, 15) is 4.79 Å². The first kappa shape index (κ1) is 14.5. The SMILES string of the molecule is CC(=O)N1CCN(c2cccc(OC(C)C)c2N)CC1. The molecule has 1 heterocycles. The highest BCUT2D eigenvalue weighted by Gasteiger charge is 2.21. The number of nitrogens with zero attached hydrogens (tertiary/aromatic N) is 2. The molecule has 0 spiro atoms. The van der Waals surface area contributed by atoms with E-state index in [1.165, 1.54) is 0 Å². The predicted octanol–water partition coefficient (Wildman–Crippen LogP) is 1.72. The first-order chi connectivity index (χ1) is 9.49. The smallest absolute Gasteiger partial charge is 0.219 e. The second kappa shape index (κ2) is 6.03. The van der Waals surface area contributed by atoms with Crippen LogP contribution in [0.3, 0.4) is 0 Å². The summed E-state index contributed by atoms with van der Waals surface area (Å²) in [6.45, 7) is 8.66. The van der Waals surface area contributed by atoms with E-state index in [1.54, 1.807) is 6.92 Å². The van der Waals surface area contributed by atoms with Crippen LogP contribution in [-0.2, 0) is 4.79 Å². The van der Waals surface area contributed by atoms with Crippen molar-refractivity contribution in [2.24, 2.45) is 0 Å². The zero-order valence-electron chi connectivity index (χ0n) is 12.4. The van der Waals surface area contributed by atoms with Gasteiger partial charge in [0.2, 0.25) is 5.91 Å². The molecule has 20 heavy (non-hydrogen) atoms. The molecule has 2 N–H and O–H groups in total. The van der Waals surface area contributed by atoms with Crippen LogP contribution in [0.2, 0.25) is 0 Å². The third kappa shape index (κ3) is 3.15. The molecule has 1 amide bonds. The summed E-state index contributed by atoms with van der Waals surface area (Å²) in [7, 11) is 0. The average molecular weight is 277 g/mol. The molecule has 1 fully saturated rings. The summed E-state index contributed by atoms with van der Waals surface area (Å²) < 4.78 is 5.72. The number of amides is 1. The van der Waals surface area contributed by atoms with Crippen LogP contribution >= 0.6 is 0 Å². The lowest BCUT2D eigenvalue weighted by Gasteiger charge is -2.36. The molecule has 2 rings (SSSR count). The Morgan fingerprint density at radius 1 is 1.25 bits per heavy atom. The number of nitrogen functional groups attached to an aromatic ring is 1. The number of carbonyl (C=O) groups is 1. The third-order valence-corrected chi connectivity index (χ3v) is 3.47. The molecule has 0 bridgehead atoms. The van der Waals surface area contributed by atoms with Gasteiger partial charge in [0, 0.05) is 33.1 Å². The number of para-hydroxylation sites is 1. The standard InChI is InChI=1S/C15H23N3O2/c1-11(2)20-14-6-4-5-13(15(14)16)18-9-7-17(8-10-18)12(3)19/h4-6,11H,7-10,16H2,1-3H3. The molecule has 0 radical (unpaired) electrons. The lowest BCUT2D eigenvalue weighted by atomic mass is 10.2. The summed E-state index contributed by atoms with van der Waals surface area (Å²) in [6, 6.07) is 5.86. The number of hydrogen-bond acceptors (Lipinski definition) is 4. The molecule has 1 aliphatic heterocycles. The summed E-state index contributed by atoms with van der Waals surface area (Å²) >= 11 is 0. The van der Waals surface area contributed by atoms with Crippen LogP contribution in [0, 0.1) is 0 Å². The van der Waals surface area contributed by atoms with E-state index in [-0.39, 0.29) is 12.0 Å². The highest BCUT2D eigenvalue weighted by atomic mass is 16.5. The normalized spacial score (nSPS) is 15.6. The molecule has 5 nitrogen and oxygen atoms in total. The fourth-order valence-corrected chi connectivity index (χ4v) is 2.43. The van der Waals surface area contributed by atoms with E-state index in [1.807, 2.05) is 36.9 Å². The zero-order valence-corrected chi connectivity index (χ0v) is 12.4. The fraction of sp³-hybridized carbons (Fsp3) is 0.533. The molecule has 0 saturated carbocycles. The van der Waals surface area contributed by atoms with Gasteiger partial charge in [-0.3, -0.25) is 4.79 Å². The van der Waals surface area contributed by atoms with Gasteiger partial charge in [-0.2, -0.15) is 0 Å². The Labute approximate surface area is 120 Å². The van der Waals surface area contributed by atoms with Crippen LogP contribution in [0.5, 0.6) is 5.75 Å². The van der Waals surface area contributed by atoms with Crippen LogP contribution in [0.1, 0.15) is 20.8 Å². The maximum absolute atomic E-state index is 11.3. The van der Waals surface area contributed by atoms with E-state index >= 15 is 0 Å². The molecule has 1 aromatic rings. The van der Waals surface area contributed by atoms with E-state index < -0.39 is 0 Å². The molecule has 110 valence electrons. The minimum Gasteiger partial charge on any atom is -0.489 e. The molecular weight excluding hydrogens is 254 g/mol. The van der Waals surface area contributed by atoms with E-state index in [2.05, 4.69) is 4.90 Å². The van der Waals surface area contributed by atoms with Gasteiger partial charge in [0.05, 0.1) is 17.5 Å². The molecule has 0 unspecified atom stereocenters. The summed E-state index contributed by atoms with van der Waals surface area (Å²) in [5, 5.41) is 0. The number of nitrogens with two attached hydrogens (primary N) is 1. The van der Waals surface area contributed by atoms with Crippen molar-refractivity contribution in [3.05, 3.63) is 18.2 Å². The van der Waals surface area contributed by atoms with Gasteiger partial charge in [0.1, 0.15) is 5.75 Å². The summed E-state index contributed by atoms with van der Waals surface area (Å²) in [5.74, 6) is 0.862. The van der Waals surface area contributed by atoms with Crippen LogP contribution in [0.15, 0.2) is 18.2 Å². The number of piperazine rings is 1. The second-order valence-corrected chi connectivity index (χ2v) is 5.35.